The standard InChI is InChI=1S/C13H18ClN3O/c1-16-6-8-17(9-7-16)10-13(18)15-12-5-3-2-4-11(12)14/h2-5H,6-10H2,1H3,(H,15,18). The third-order valence-electron chi connectivity index (χ3n) is 3.11. The van der Waals surface area contributed by atoms with E-state index in [4.69, 9.17) is 11.6 Å². The average molecular weight is 268 g/mol. The van der Waals surface area contributed by atoms with Gasteiger partial charge in [-0.1, -0.05) is 23.7 Å². The Kier molecular flexibility index (Phi) is 4.58. The van der Waals surface area contributed by atoms with Crippen LogP contribution in [-0.4, -0.2) is 55.5 Å². The summed E-state index contributed by atoms with van der Waals surface area (Å²) >= 11 is 6.00. The van der Waals surface area contributed by atoms with Crippen LogP contribution in [-0.2, 0) is 4.79 Å². The van der Waals surface area contributed by atoms with Gasteiger partial charge in [-0.2, -0.15) is 0 Å². The van der Waals surface area contributed by atoms with E-state index in [2.05, 4.69) is 22.2 Å². The van der Waals surface area contributed by atoms with Gasteiger partial charge in [-0.3, -0.25) is 9.69 Å². The van der Waals surface area contributed by atoms with Gasteiger partial charge in [-0.05, 0) is 19.2 Å². The number of hydrogen-bond donors (Lipinski definition) is 1. The number of piperazine rings is 1. The maximum Gasteiger partial charge on any atom is 0.238 e. The summed E-state index contributed by atoms with van der Waals surface area (Å²) in [5.41, 5.74) is 0.679. The van der Waals surface area contributed by atoms with Crippen LogP contribution in [0, 0.1) is 0 Å². The second-order valence-electron chi connectivity index (χ2n) is 4.61. The molecule has 1 aliphatic heterocycles. The molecule has 98 valence electrons. The maximum atomic E-state index is 11.9. The smallest absolute Gasteiger partial charge is 0.238 e. The molecular weight excluding hydrogens is 250 g/mol. The fourth-order valence-electron chi connectivity index (χ4n) is 1.96. The molecule has 1 aromatic rings. The third kappa shape index (κ3) is 3.70. The van der Waals surface area contributed by atoms with E-state index < -0.39 is 0 Å². The third-order valence-corrected chi connectivity index (χ3v) is 3.44. The first kappa shape index (κ1) is 13.3. The SMILES string of the molecule is CN1CCN(CC(=O)Nc2ccccc2Cl)CC1. The number of para-hydroxylation sites is 1. The van der Waals surface area contributed by atoms with Crippen LogP contribution in [0.5, 0.6) is 0 Å². The number of carbonyl (C=O) groups excluding carboxylic acids is 1. The number of nitrogens with one attached hydrogen (secondary N) is 1. The van der Waals surface area contributed by atoms with Crippen LogP contribution in [0.3, 0.4) is 0 Å². The lowest BCUT2D eigenvalue weighted by Crippen LogP contribution is -2.47. The van der Waals surface area contributed by atoms with Gasteiger partial charge in [0.25, 0.3) is 0 Å². The van der Waals surface area contributed by atoms with Crippen molar-refractivity contribution in [3.05, 3.63) is 29.3 Å². The van der Waals surface area contributed by atoms with Gasteiger partial charge < -0.3 is 10.2 Å². The van der Waals surface area contributed by atoms with Gasteiger partial charge in [-0.25, -0.2) is 0 Å². The van der Waals surface area contributed by atoms with E-state index in [1.165, 1.54) is 0 Å². The Morgan fingerprint density at radius 2 is 1.94 bits per heavy atom. The molecule has 0 unspecified atom stereocenters. The van der Waals surface area contributed by atoms with Crippen molar-refractivity contribution < 1.29 is 4.79 Å². The second-order valence-corrected chi connectivity index (χ2v) is 5.01. The van der Waals surface area contributed by atoms with Gasteiger partial charge in [0.1, 0.15) is 0 Å². The zero-order valence-electron chi connectivity index (χ0n) is 10.5. The minimum absolute atomic E-state index is 0.00680. The zero-order chi connectivity index (χ0) is 13.0. The Morgan fingerprint density at radius 3 is 2.61 bits per heavy atom. The summed E-state index contributed by atoms with van der Waals surface area (Å²) in [5, 5.41) is 3.42. The minimum atomic E-state index is -0.00680. The second kappa shape index (κ2) is 6.18. The van der Waals surface area contributed by atoms with Crippen LogP contribution >= 0.6 is 11.6 Å². The first-order chi connectivity index (χ1) is 8.65. The van der Waals surface area contributed by atoms with Crippen molar-refractivity contribution in [3.63, 3.8) is 0 Å². The van der Waals surface area contributed by atoms with Crippen LogP contribution < -0.4 is 5.32 Å². The van der Waals surface area contributed by atoms with Crippen LogP contribution in [0.1, 0.15) is 0 Å². The average Bonchev–Trinajstić information content (AvgIpc) is 2.35. The molecule has 1 saturated heterocycles. The molecule has 1 aromatic carbocycles. The molecule has 1 fully saturated rings. The van der Waals surface area contributed by atoms with E-state index in [-0.39, 0.29) is 5.91 Å². The number of likely N-dealkylation sites (N-methyl/N-ethyl adjacent to an activating group) is 1. The van der Waals surface area contributed by atoms with E-state index in [1.54, 1.807) is 6.07 Å². The van der Waals surface area contributed by atoms with Gasteiger partial charge in [0.2, 0.25) is 5.91 Å². The molecular formula is C13H18ClN3O. The van der Waals surface area contributed by atoms with Gasteiger partial charge in [0.15, 0.2) is 0 Å². The van der Waals surface area contributed by atoms with Gasteiger partial charge in [-0.15, -0.1) is 0 Å². The molecule has 0 spiro atoms. The lowest BCUT2D eigenvalue weighted by Gasteiger charge is -2.31. The molecule has 1 heterocycles. The van der Waals surface area contributed by atoms with Crippen LogP contribution in [0.2, 0.25) is 5.02 Å². The maximum absolute atomic E-state index is 11.9. The van der Waals surface area contributed by atoms with Crippen molar-refractivity contribution in [2.75, 3.05) is 45.1 Å². The van der Waals surface area contributed by atoms with Crippen molar-refractivity contribution in [2.45, 2.75) is 0 Å². The fourth-order valence-corrected chi connectivity index (χ4v) is 2.14. The molecule has 0 saturated carbocycles. The molecule has 0 radical (unpaired) electrons. The predicted molar refractivity (Wildman–Crippen MR) is 74.0 cm³/mol. The van der Waals surface area contributed by atoms with Gasteiger partial charge in [0, 0.05) is 26.2 Å². The number of hydrogen-bond acceptors (Lipinski definition) is 3. The quantitative estimate of drug-likeness (QED) is 0.902. The number of benzene rings is 1. The van der Waals surface area contributed by atoms with E-state index in [1.807, 2.05) is 18.2 Å². The van der Waals surface area contributed by atoms with Crippen LogP contribution in [0.4, 0.5) is 5.69 Å². The summed E-state index contributed by atoms with van der Waals surface area (Å²) in [6.45, 7) is 4.33. The van der Waals surface area contributed by atoms with Crippen molar-refractivity contribution in [1.29, 1.82) is 0 Å². The topological polar surface area (TPSA) is 35.6 Å². The fraction of sp³-hybridized carbons (Fsp3) is 0.462. The molecule has 5 heteroatoms. The summed E-state index contributed by atoms with van der Waals surface area (Å²) < 4.78 is 0. The number of rotatable bonds is 3. The first-order valence-electron chi connectivity index (χ1n) is 6.10. The summed E-state index contributed by atoms with van der Waals surface area (Å²) in [5.74, 6) is -0.00680. The van der Waals surface area contributed by atoms with Crippen LogP contribution in [0.15, 0.2) is 24.3 Å². The molecule has 0 bridgehead atoms. The largest absolute Gasteiger partial charge is 0.324 e. The highest BCUT2D eigenvalue weighted by Crippen LogP contribution is 2.20. The molecule has 18 heavy (non-hydrogen) atoms. The number of amides is 1. The van der Waals surface area contributed by atoms with E-state index in [0.717, 1.165) is 26.2 Å². The Bertz CT molecular complexity index is 416. The molecule has 0 aliphatic carbocycles. The zero-order valence-corrected chi connectivity index (χ0v) is 11.3. The summed E-state index contributed by atoms with van der Waals surface area (Å²) in [7, 11) is 2.10. The van der Waals surface area contributed by atoms with Crippen molar-refractivity contribution in [3.8, 4) is 0 Å². The van der Waals surface area contributed by atoms with Crippen molar-refractivity contribution in [1.82, 2.24) is 9.80 Å². The van der Waals surface area contributed by atoms with E-state index in [9.17, 15) is 4.79 Å². The highest BCUT2D eigenvalue weighted by molar-refractivity contribution is 6.33. The first-order valence-corrected chi connectivity index (χ1v) is 6.48. The summed E-state index contributed by atoms with van der Waals surface area (Å²) in [6, 6.07) is 7.28. The monoisotopic (exact) mass is 267 g/mol. The van der Waals surface area contributed by atoms with Gasteiger partial charge >= 0.3 is 0 Å². The number of halogens is 1. The molecule has 1 N–H and O–H groups in total. The predicted octanol–water partition coefficient (Wildman–Crippen LogP) is 1.53. The van der Waals surface area contributed by atoms with Crippen molar-refractivity contribution >= 4 is 23.2 Å². The molecule has 2 rings (SSSR count). The number of carbonyl (C=O) groups is 1. The molecule has 1 amide bonds. The number of nitrogens with zero attached hydrogens (tertiary/aromatic N) is 2. The number of anilines is 1. The Labute approximate surface area is 113 Å². The summed E-state index contributed by atoms with van der Waals surface area (Å²) in [6.07, 6.45) is 0. The Hall–Kier alpha value is -1.10. The highest BCUT2D eigenvalue weighted by atomic mass is 35.5. The van der Waals surface area contributed by atoms with Crippen molar-refractivity contribution in [2.24, 2.45) is 0 Å². The highest BCUT2D eigenvalue weighted by Gasteiger charge is 2.16. The summed E-state index contributed by atoms with van der Waals surface area (Å²) in [4.78, 5) is 16.3. The Balaban J connectivity index is 1.84. The lowest BCUT2D eigenvalue weighted by molar-refractivity contribution is -0.117. The minimum Gasteiger partial charge on any atom is -0.324 e. The van der Waals surface area contributed by atoms with Gasteiger partial charge in [0.05, 0.1) is 17.3 Å². The van der Waals surface area contributed by atoms with E-state index >= 15 is 0 Å². The van der Waals surface area contributed by atoms with E-state index in [0.29, 0.717) is 17.3 Å². The lowest BCUT2D eigenvalue weighted by atomic mass is 10.3. The molecule has 4 nitrogen and oxygen atoms in total. The molecule has 0 aromatic heterocycles. The van der Waals surface area contributed by atoms with Crippen LogP contribution in [0.25, 0.3) is 0 Å². The molecule has 0 atom stereocenters. The normalized spacial score (nSPS) is 17.7. The Morgan fingerprint density at radius 1 is 1.28 bits per heavy atom. The molecule has 1 aliphatic rings.